The normalized spacial score (nSPS) is 12.5. The Morgan fingerprint density at radius 2 is 1.71 bits per heavy atom. The van der Waals surface area contributed by atoms with Gasteiger partial charge in [0.1, 0.15) is 5.75 Å². The number of nitrogens with zero attached hydrogens (tertiary/aromatic N) is 2. The Bertz CT molecular complexity index is 627. The lowest BCUT2D eigenvalue weighted by molar-refractivity contribution is 0.355. The van der Waals surface area contributed by atoms with E-state index in [2.05, 4.69) is 58.5 Å². The molecule has 3 nitrogen and oxygen atoms in total. The van der Waals surface area contributed by atoms with Crippen LogP contribution in [0.5, 0.6) is 5.75 Å². The summed E-state index contributed by atoms with van der Waals surface area (Å²) in [5.41, 5.74) is 3.41. The van der Waals surface area contributed by atoms with E-state index in [9.17, 15) is 0 Å². The fourth-order valence-corrected chi connectivity index (χ4v) is 2.25. The molecule has 0 radical (unpaired) electrons. The number of ether oxygens (including phenoxy) is 1. The van der Waals surface area contributed by atoms with Gasteiger partial charge in [0, 0.05) is 17.3 Å². The minimum Gasteiger partial charge on any atom is -0.497 e. The Labute approximate surface area is 127 Å². The summed E-state index contributed by atoms with van der Waals surface area (Å²) in [6, 6.07) is 8.11. The first-order valence-electron chi connectivity index (χ1n) is 7.38. The van der Waals surface area contributed by atoms with Crippen molar-refractivity contribution < 1.29 is 4.74 Å². The van der Waals surface area contributed by atoms with E-state index in [1.54, 1.807) is 7.11 Å². The molecule has 0 fully saturated rings. The number of hydrogen-bond donors (Lipinski definition) is 0. The minimum absolute atomic E-state index is 0.0306. The van der Waals surface area contributed by atoms with Crippen molar-refractivity contribution in [3.8, 4) is 17.0 Å². The van der Waals surface area contributed by atoms with Crippen LogP contribution < -0.4 is 4.74 Å². The molecular weight excluding hydrogens is 260 g/mol. The largest absolute Gasteiger partial charge is 0.497 e. The van der Waals surface area contributed by atoms with Crippen molar-refractivity contribution in [1.29, 1.82) is 0 Å². The molecule has 1 heterocycles. The fraction of sp³-hybridized carbons (Fsp3) is 0.500. The Morgan fingerprint density at radius 3 is 2.24 bits per heavy atom. The van der Waals surface area contributed by atoms with Gasteiger partial charge < -0.3 is 4.74 Å². The van der Waals surface area contributed by atoms with E-state index in [0.717, 1.165) is 17.0 Å². The smallest absolute Gasteiger partial charge is 0.119 e. The van der Waals surface area contributed by atoms with Gasteiger partial charge in [-0.1, -0.05) is 32.9 Å². The van der Waals surface area contributed by atoms with Gasteiger partial charge in [0.2, 0.25) is 0 Å². The highest BCUT2D eigenvalue weighted by atomic mass is 16.5. The van der Waals surface area contributed by atoms with Crippen LogP contribution in [0, 0.1) is 0 Å². The van der Waals surface area contributed by atoms with E-state index in [0.29, 0.717) is 0 Å². The molecule has 0 saturated heterocycles. The summed E-state index contributed by atoms with van der Waals surface area (Å²) in [7, 11) is 1.69. The molecule has 3 heteroatoms. The number of methoxy groups -OCH3 is 1. The van der Waals surface area contributed by atoms with E-state index < -0.39 is 0 Å². The zero-order valence-corrected chi connectivity index (χ0v) is 14.2. The SMILES string of the molecule is COc1cccc(-c2nn(C(C)(C)C)cc2C(C)(C)C)c1. The number of rotatable bonds is 2. The van der Waals surface area contributed by atoms with Crippen LogP contribution in [0.4, 0.5) is 0 Å². The molecule has 0 aliphatic carbocycles. The van der Waals surface area contributed by atoms with Crippen LogP contribution in [-0.2, 0) is 11.0 Å². The highest BCUT2D eigenvalue weighted by molar-refractivity contribution is 5.65. The Morgan fingerprint density at radius 1 is 1.05 bits per heavy atom. The molecule has 0 spiro atoms. The molecule has 0 bridgehead atoms. The molecule has 0 aliphatic rings. The second-order valence-electron chi connectivity index (χ2n) is 7.49. The molecular formula is C18H26N2O. The highest BCUT2D eigenvalue weighted by Crippen LogP contribution is 2.34. The van der Waals surface area contributed by atoms with Crippen LogP contribution in [-0.4, -0.2) is 16.9 Å². The Kier molecular flexibility index (Phi) is 3.87. The van der Waals surface area contributed by atoms with Gasteiger partial charge in [-0.15, -0.1) is 0 Å². The molecule has 1 aromatic heterocycles. The van der Waals surface area contributed by atoms with Crippen molar-refractivity contribution in [2.24, 2.45) is 0 Å². The second-order valence-corrected chi connectivity index (χ2v) is 7.49. The molecule has 0 aliphatic heterocycles. The lowest BCUT2D eigenvalue weighted by Gasteiger charge is -2.20. The quantitative estimate of drug-likeness (QED) is 0.806. The summed E-state index contributed by atoms with van der Waals surface area (Å²) in [6.07, 6.45) is 2.18. The van der Waals surface area contributed by atoms with Gasteiger partial charge in [-0.25, -0.2) is 0 Å². The van der Waals surface area contributed by atoms with Gasteiger partial charge in [-0.2, -0.15) is 5.10 Å². The highest BCUT2D eigenvalue weighted by Gasteiger charge is 2.26. The third kappa shape index (κ3) is 3.29. The van der Waals surface area contributed by atoms with Crippen LogP contribution in [0.2, 0.25) is 0 Å². The summed E-state index contributed by atoms with van der Waals surface area (Å²) in [5, 5.41) is 4.85. The van der Waals surface area contributed by atoms with Crippen LogP contribution in [0.15, 0.2) is 30.5 Å². The lowest BCUT2D eigenvalue weighted by Crippen LogP contribution is -2.22. The zero-order chi connectivity index (χ0) is 15.8. The van der Waals surface area contributed by atoms with Gasteiger partial charge in [0.25, 0.3) is 0 Å². The molecule has 2 rings (SSSR count). The first-order chi connectivity index (χ1) is 9.63. The standard InChI is InChI=1S/C18H26N2O/c1-17(2,3)15-12-20(18(4,5)6)19-16(15)13-9-8-10-14(11-13)21-7/h8-12H,1-7H3. The van der Waals surface area contributed by atoms with Crippen LogP contribution in [0.3, 0.4) is 0 Å². The predicted molar refractivity (Wildman–Crippen MR) is 87.9 cm³/mol. The molecule has 1 aromatic carbocycles. The summed E-state index contributed by atoms with van der Waals surface area (Å²) >= 11 is 0. The average Bonchev–Trinajstić information content (AvgIpc) is 2.83. The van der Waals surface area contributed by atoms with E-state index in [1.807, 2.05) is 18.2 Å². The molecule has 21 heavy (non-hydrogen) atoms. The Balaban J connectivity index is 2.63. The van der Waals surface area contributed by atoms with Crippen LogP contribution in [0.1, 0.15) is 47.1 Å². The van der Waals surface area contributed by atoms with Crippen molar-refractivity contribution in [3.63, 3.8) is 0 Å². The van der Waals surface area contributed by atoms with E-state index in [4.69, 9.17) is 9.84 Å². The third-order valence-electron chi connectivity index (χ3n) is 3.55. The second kappa shape index (κ2) is 5.21. The molecule has 0 amide bonds. The van der Waals surface area contributed by atoms with Crippen LogP contribution in [0.25, 0.3) is 11.3 Å². The number of benzene rings is 1. The number of hydrogen-bond acceptors (Lipinski definition) is 2. The van der Waals surface area contributed by atoms with Crippen LogP contribution >= 0.6 is 0 Å². The van der Waals surface area contributed by atoms with Gasteiger partial charge >= 0.3 is 0 Å². The molecule has 114 valence electrons. The Hall–Kier alpha value is -1.77. The number of aromatic nitrogens is 2. The monoisotopic (exact) mass is 286 g/mol. The molecule has 0 unspecified atom stereocenters. The topological polar surface area (TPSA) is 27.1 Å². The summed E-state index contributed by atoms with van der Waals surface area (Å²) in [5.74, 6) is 0.859. The maximum absolute atomic E-state index is 5.34. The first kappa shape index (κ1) is 15.6. The van der Waals surface area contributed by atoms with Crippen molar-refractivity contribution in [2.45, 2.75) is 52.5 Å². The van der Waals surface area contributed by atoms with E-state index in [1.165, 1.54) is 5.56 Å². The van der Waals surface area contributed by atoms with Crippen molar-refractivity contribution in [2.75, 3.05) is 7.11 Å². The summed E-state index contributed by atoms with van der Waals surface area (Å²) in [4.78, 5) is 0. The first-order valence-corrected chi connectivity index (χ1v) is 7.38. The van der Waals surface area contributed by atoms with E-state index >= 15 is 0 Å². The zero-order valence-electron chi connectivity index (χ0n) is 14.2. The molecule has 2 aromatic rings. The predicted octanol–water partition coefficient (Wildman–Crippen LogP) is 4.61. The molecule has 0 atom stereocenters. The van der Waals surface area contributed by atoms with Gasteiger partial charge in [-0.05, 0) is 38.3 Å². The average molecular weight is 286 g/mol. The summed E-state index contributed by atoms with van der Waals surface area (Å²) < 4.78 is 7.40. The van der Waals surface area contributed by atoms with Gasteiger partial charge in [0.15, 0.2) is 0 Å². The van der Waals surface area contributed by atoms with Crippen molar-refractivity contribution in [1.82, 2.24) is 9.78 Å². The lowest BCUT2D eigenvalue weighted by atomic mass is 9.86. The fourth-order valence-electron chi connectivity index (χ4n) is 2.25. The molecule has 0 saturated carbocycles. The maximum Gasteiger partial charge on any atom is 0.119 e. The minimum atomic E-state index is -0.0306. The summed E-state index contributed by atoms with van der Waals surface area (Å²) in [6.45, 7) is 13.2. The van der Waals surface area contributed by atoms with E-state index in [-0.39, 0.29) is 11.0 Å². The van der Waals surface area contributed by atoms with Gasteiger partial charge in [0.05, 0.1) is 18.3 Å². The third-order valence-corrected chi connectivity index (χ3v) is 3.55. The maximum atomic E-state index is 5.34. The van der Waals surface area contributed by atoms with Crippen molar-refractivity contribution in [3.05, 3.63) is 36.0 Å². The van der Waals surface area contributed by atoms with Crippen molar-refractivity contribution >= 4 is 0 Å². The van der Waals surface area contributed by atoms with Gasteiger partial charge in [-0.3, -0.25) is 4.68 Å². The molecule has 0 N–H and O–H groups in total.